The third-order valence-electron chi connectivity index (χ3n) is 2.59. The number of anilines is 1. The van der Waals surface area contributed by atoms with Gasteiger partial charge >= 0.3 is 0 Å². The highest BCUT2D eigenvalue weighted by Gasteiger charge is 2.17. The molecule has 1 amide bonds. The Morgan fingerprint density at radius 3 is 2.89 bits per heavy atom. The molecule has 2 rings (SSSR count). The molecule has 3 N–H and O–H groups in total. The van der Waals surface area contributed by atoms with E-state index in [0.717, 1.165) is 10.7 Å². The van der Waals surface area contributed by atoms with E-state index in [1.54, 1.807) is 6.92 Å². The van der Waals surface area contributed by atoms with Crippen LogP contribution in [0.3, 0.4) is 0 Å². The molecule has 19 heavy (non-hydrogen) atoms. The molecule has 6 heteroatoms. The lowest BCUT2D eigenvalue weighted by molar-refractivity contribution is 0.0936. The zero-order valence-corrected chi connectivity index (χ0v) is 11.4. The summed E-state index contributed by atoms with van der Waals surface area (Å²) in [7, 11) is 0. The molecule has 0 saturated heterocycles. The standard InChI is InChI=1S/C13H14FN3OS/c1-7-6-19-13(16-7)8(2)17-12(18)10-5-9(15)3-4-11(10)14/h3-6,8H,15H2,1-2H3,(H,17,18). The highest BCUT2D eigenvalue weighted by Crippen LogP contribution is 2.19. The van der Waals surface area contributed by atoms with Crippen LogP contribution in [-0.2, 0) is 0 Å². The molecule has 1 unspecified atom stereocenters. The van der Waals surface area contributed by atoms with Crippen LogP contribution in [-0.4, -0.2) is 10.9 Å². The Kier molecular flexibility index (Phi) is 3.80. The quantitative estimate of drug-likeness (QED) is 0.849. The van der Waals surface area contributed by atoms with Gasteiger partial charge < -0.3 is 11.1 Å². The van der Waals surface area contributed by atoms with E-state index in [4.69, 9.17) is 5.73 Å². The van der Waals surface area contributed by atoms with Crippen LogP contribution in [0.4, 0.5) is 10.1 Å². The first kappa shape index (κ1) is 13.5. The molecule has 1 aromatic carbocycles. The van der Waals surface area contributed by atoms with Crippen LogP contribution in [0.2, 0.25) is 0 Å². The highest BCUT2D eigenvalue weighted by molar-refractivity contribution is 7.09. The number of carbonyl (C=O) groups excluding carboxylic acids is 1. The van der Waals surface area contributed by atoms with Gasteiger partial charge in [0.2, 0.25) is 0 Å². The minimum Gasteiger partial charge on any atom is -0.399 e. The van der Waals surface area contributed by atoms with E-state index in [1.807, 2.05) is 12.3 Å². The lowest BCUT2D eigenvalue weighted by Crippen LogP contribution is -2.27. The minimum atomic E-state index is -0.589. The zero-order chi connectivity index (χ0) is 14.0. The fourth-order valence-corrected chi connectivity index (χ4v) is 2.43. The average Bonchev–Trinajstić information content (AvgIpc) is 2.79. The van der Waals surface area contributed by atoms with Crippen molar-refractivity contribution in [2.75, 3.05) is 5.73 Å². The van der Waals surface area contributed by atoms with Gasteiger partial charge in [0.25, 0.3) is 5.91 Å². The van der Waals surface area contributed by atoms with Crippen LogP contribution >= 0.6 is 11.3 Å². The Hall–Kier alpha value is -1.95. The molecule has 0 saturated carbocycles. The summed E-state index contributed by atoms with van der Waals surface area (Å²) in [5, 5.41) is 5.40. The Morgan fingerprint density at radius 2 is 2.26 bits per heavy atom. The largest absolute Gasteiger partial charge is 0.399 e. The first-order chi connectivity index (χ1) is 8.97. The third kappa shape index (κ3) is 3.08. The minimum absolute atomic E-state index is 0.0554. The summed E-state index contributed by atoms with van der Waals surface area (Å²) in [5.41, 5.74) is 6.75. The van der Waals surface area contributed by atoms with Gasteiger partial charge in [-0.05, 0) is 32.0 Å². The summed E-state index contributed by atoms with van der Waals surface area (Å²) < 4.78 is 13.5. The molecule has 0 fully saturated rings. The number of aryl methyl sites for hydroxylation is 1. The number of nitrogens with zero attached hydrogens (tertiary/aromatic N) is 1. The van der Waals surface area contributed by atoms with Gasteiger partial charge in [-0.1, -0.05) is 0 Å². The number of rotatable bonds is 3. The van der Waals surface area contributed by atoms with E-state index in [0.29, 0.717) is 5.69 Å². The topological polar surface area (TPSA) is 68.0 Å². The van der Waals surface area contributed by atoms with Crippen molar-refractivity contribution in [1.82, 2.24) is 10.3 Å². The molecular weight excluding hydrogens is 265 g/mol. The first-order valence-corrected chi connectivity index (χ1v) is 6.63. The van der Waals surface area contributed by atoms with Gasteiger partial charge in [0.1, 0.15) is 10.8 Å². The number of nitrogens with two attached hydrogens (primary N) is 1. The van der Waals surface area contributed by atoms with Gasteiger partial charge in [-0.15, -0.1) is 11.3 Å². The normalized spacial score (nSPS) is 12.2. The maximum absolute atomic E-state index is 13.5. The van der Waals surface area contributed by atoms with Crippen LogP contribution in [0.1, 0.15) is 34.0 Å². The number of nitrogen functional groups attached to an aromatic ring is 1. The van der Waals surface area contributed by atoms with Crippen LogP contribution in [0.15, 0.2) is 23.6 Å². The summed E-state index contributed by atoms with van der Waals surface area (Å²) in [4.78, 5) is 16.3. The Bertz CT molecular complexity index is 612. The number of hydrogen-bond donors (Lipinski definition) is 2. The Morgan fingerprint density at radius 1 is 1.53 bits per heavy atom. The number of nitrogens with one attached hydrogen (secondary N) is 1. The van der Waals surface area contributed by atoms with Gasteiger partial charge in [0, 0.05) is 16.8 Å². The molecule has 0 aliphatic heterocycles. The van der Waals surface area contributed by atoms with E-state index < -0.39 is 11.7 Å². The number of carbonyl (C=O) groups is 1. The second-order valence-electron chi connectivity index (χ2n) is 4.26. The van der Waals surface area contributed by atoms with Crippen LogP contribution in [0, 0.1) is 12.7 Å². The molecule has 1 atom stereocenters. The maximum Gasteiger partial charge on any atom is 0.254 e. The number of aromatic nitrogens is 1. The second-order valence-corrected chi connectivity index (χ2v) is 5.15. The lowest BCUT2D eigenvalue weighted by atomic mass is 10.1. The molecule has 0 aliphatic carbocycles. The molecule has 100 valence electrons. The van der Waals surface area contributed by atoms with Crippen molar-refractivity contribution in [3.63, 3.8) is 0 Å². The van der Waals surface area contributed by atoms with E-state index >= 15 is 0 Å². The van der Waals surface area contributed by atoms with Crippen LogP contribution in [0.5, 0.6) is 0 Å². The summed E-state index contributed by atoms with van der Waals surface area (Å²) in [6.45, 7) is 3.69. The predicted octanol–water partition coefficient (Wildman–Crippen LogP) is 2.66. The molecule has 1 aromatic heterocycles. The van der Waals surface area contributed by atoms with Crippen molar-refractivity contribution in [3.8, 4) is 0 Å². The zero-order valence-electron chi connectivity index (χ0n) is 10.6. The van der Waals surface area contributed by atoms with Gasteiger partial charge in [0.05, 0.1) is 11.6 Å². The van der Waals surface area contributed by atoms with Crippen molar-refractivity contribution in [1.29, 1.82) is 0 Å². The van der Waals surface area contributed by atoms with Crippen LogP contribution in [0.25, 0.3) is 0 Å². The number of benzene rings is 1. The van der Waals surface area contributed by atoms with Gasteiger partial charge in [-0.2, -0.15) is 0 Å². The van der Waals surface area contributed by atoms with E-state index in [9.17, 15) is 9.18 Å². The van der Waals surface area contributed by atoms with Crippen molar-refractivity contribution < 1.29 is 9.18 Å². The fourth-order valence-electron chi connectivity index (χ4n) is 1.62. The smallest absolute Gasteiger partial charge is 0.254 e. The van der Waals surface area contributed by atoms with E-state index in [2.05, 4.69) is 10.3 Å². The number of halogens is 1. The average molecular weight is 279 g/mol. The molecule has 0 radical (unpaired) electrons. The SMILES string of the molecule is Cc1csc(C(C)NC(=O)c2cc(N)ccc2F)n1. The third-order valence-corrected chi connectivity index (χ3v) is 3.74. The Labute approximate surface area is 114 Å². The molecule has 2 aromatic rings. The van der Waals surface area contributed by atoms with Crippen molar-refractivity contribution in [3.05, 3.63) is 45.7 Å². The maximum atomic E-state index is 13.5. The molecule has 1 heterocycles. The molecule has 4 nitrogen and oxygen atoms in total. The van der Waals surface area contributed by atoms with Gasteiger partial charge in [0.15, 0.2) is 0 Å². The van der Waals surface area contributed by atoms with Crippen molar-refractivity contribution in [2.24, 2.45) is 0 Å². The summed E-state index contributed by atoms with van der Waals surface area (Å²) in [5.74, 6) is -1.08. The number of thiazole rings is 1. The Balaban J connectivity index is 2.15. The van der Waals surface area contributed by atoms with Crippen molar-refractivity contribution >= 4 is 22.9 Å². The second kappa shape index (κ2) is 5.36. The molecule has 0 bridgehead atoms. The van der Waals surface area contributed by atoms with E-state index in [-0.39, 0.29) is 11.6 Å². The van der Waals surface area contributed by atoms with Gasteiger partial charge in [-0.3, -0.25) is 4.79 Å². The number of hydrogen-bond acceptors (Lipinski definition) is 4. The van der Waals surface area contributed by atoms with Gasteiger partial charge in [-0.25, -0.2) is 9.37 Å². The fraction of sp³-hybridized carbons (Fsp3) is 0.231. The van der Waals surface area contributed by atoms with Crippen LogP contribution < -0.4 is 11.1 Å². The molecular formula is C13H14FN3OS. The number of amides is 1. The first-order valence-electron chi connectivity index (χ1n) is 5.75. The monoisotopic (exact) mass is 279 g/mol. The predicted molar refractivity (Wildman–Crippen MR) is 73.5 cm³/mol. The lowest BCUT2D eigenvalue weighted by Gasteiger charge is -2.12. The summed E-state index contributed by atoms with van der Waals surface area (Å²) >= 11 is 1.46. The summed E-state index contributed by atoms with van der Waals surface area (Å²) in [6.07, 6.45) is 0. The molecule has 0 spiro atoms. The molecule has 0 aliphatic rings. The summed E-state index contributed by atoms with van der Waals surface area (Å²) in [6, 6.07) is 3.65. The highest BCUT2D eigenvalue weighted by atomic mass is 32.1. The van der Waals surface area contributed by atoms with E-state index in [1.165, 1.54) is 29.5 Å². The van der Waals surface area contributed by atoms with Crippen molar-refractivity contribution in [2.45, 2.75) is 19.9 Å².